The molecule has 1 rings (SSSR count). The fraction of sp³-hybridized carbons (Fsp3) is 0.625. The molecule has 1 atom stereocenters. The Morgan fingerprint density at radius 1 is 0.941 bits per heavy atom. The molecule has 0 aliphatic heterocycles. The van der Waals surface area contributed by atoms with E-state index in [1.54, 1.807) is 0 Å². The lowest BCUT2D eigenvalue weighted by atomic mass is 9.78. The average Bonchev–Trinajstić information content (AvgIpc) is 2.14. The van der Waals surface area contributed by atoms with E-state index in [0.29, 0.717) is 0 Å². The Morgan fingerprint density at radius 2 is 1.35 bits per heavy atom. The summed E-state index contributed by atoms with van der Waals surface area (Å²) in [6.45, 7) is 13.3. The van der Waals surface area contributed by atoms with Crippen molar-refractivity contribution in [3.05, 3.63) is 35.4 Å². The number of hydrogen-bond acceptors (Lipinski definition) is 1. The van der Waals surface area contributed by atoms with Crippen LogP contribution in [-0.4, -0.2) is 6.04 Å². The van der Waals surface area contributed by atoms with Crippen LogP contribution in [0.3, 0.4) is 0 Å². The Labute approximate surface area is 106 Å². The van der Waals surface area contributed by atoms with E-state index in [4.69, 9.17) is 5.73 Å². The van der Waals surface area contributed by atoms with Crippen LogP contribution in [0.5, 0.6) is 0 Å². The molecule has 0 unspecified atom stereocenters. The Bertz CT molecular complexity index is 352. The Balaban J connectivity index is 2.94. The van der Waals surface area contributed by atoms with E-state index in [1.807, 2.05) is 0 Å². The van der Waals surface area contributed by atoms with Gasteiger partial charge in [-0.25, -0.2) is 0 Å². The van der Waals surface area contributed by atoms with Crippen molar-refractivity contribution in [1.29, 1.82) is 0 Å². The molecule has 0 spiro atoms. The van der Waals surface area contributed by atoms with Gasteiger partial charge < -0.3 is 5.73 Å². The fourth-order valence-corrected chi connectivity index (χ4v) is 2.34. The molecule has 0 heterocycles. The first kappa shape index (κ1) is 14.2. The van der Waals surface area contributed by atoms with Gasteiger partial charge in [-0.3, -0.25) is 0 Å². The van der Waals surface area contributed by atoms with E-state index >= 15 is 0 Å². The standard InChI is InChI=1S/C16H27N/c1-12(17)11-16(5,6)14-9-7-13(8-10-14)15(2,3)4/h7-10,12H,11,17H2,1-6H3/t12-/m1/s1. The minimum atomic E-state index is 0.157. The first-order valence-corrected chi connectivity index (χ1v) is 6.49. The molecule has 1 aromatic carbocycles. The molecule has 1 nitrogen and oxygen atoms in total. The maximum Gasteiger partial charge on any atom is 0.00187 e. The van der Waals surface area contributed by atoms with Gasteiger partial charge in [-0.2, -0.15) is 0 Å². The van der Waals surface area contributed by atoms with E-state index in [2.05, 4.69) is 65.8 Å². The van der Waals surface area contributed by atoms with Crippen LogP contribution in [0, 0.1) is 0 Å². The zero-order valence-electron chi connectivity index (χ0n) is 12.2. The van der Waals surface area contributed by atoms with Crippen LogP contribution >= 0.6 is 0 Å². The third-order valence-corrected chi connectivity index (χ3v) is 3.36. The van der Waals surface area contributed by atoms with Crippen molar-refractivity contribution >= 4 is 0 Å². The summed E-state index contributed by atoms with van der Waals surface area (Å²) in [7, 11) is 0. The SMILES string of the molecule is C[C@@H](N)CC(C)(C)c1ccc(C(C)(C)C)cc1. The highest BCUT2D eigenvalue weighted by Gasteiger charge is 2.22. The van der Waals surface area contributed by atoms with Crippen LogP contribution in [-0.2, 0) is 10.8 Å². The van der Waals surface area contributed by atoms with Gasteiger partial charge in [0.25, 0.3) is 0 Å². The van der Waals surface area contributed by atoms with Gasteiger partial charge in [-0.05, 0) is 35.3 Å². The first-order valence-electron chi connectivity index (χ1n) is 6.49. The monoisotopic (exact) mass is 233 g/mol. The molecule has 1 heteroatoms. The molecule has 0 radical (unpaired) electrons. The van der Waals surface area contributed by atoms with Gasteiger partial charge in [0.15, 0.2) is 0 Å². The second-order valence-corrected chi connectivity index (χ2v) is 6.89. The molecule has 0 aliphatic carbocycles. The van der Waals surface area contributed by atoms with Crippen molar-refractivity contribution in [3.63, 3.8) is 0 Å². The minimum Gasteiger partial charge on any atom is -0.328 e. The predicted molar refractivity (Wildman–Crippen MR) is 76.4 cm³/mol. The van der Waals surface area contributed by atoms with Gasteiger partial charge >= 0.3 is 0 Å². The van der Waals surface area contributed by atoms with E-state index < -0.39 is 0 Å². The molecule has 0 amide bonds. The Kier molecular flexibility index (Phi) is 4.03. The van der Waals surface area contributed by atoms with Crippen molar-refractivity contribution in [1.82, 2.24) is 0 Å². The number of nitrogens with two attached hydrogens (primary N) is 1. The molecule has 96 valence electrons. The lowest BCUT2D eigenvalue weighted by Crippen LogP contribution is -2.28. The molecule has 0 fully saturated rings. The molecule has 0 saturated heterocycles. The summed E-state index contributed by atoms with van der Waals surface area (Å²) in [6.07, 6.45) is 1.02. The Morgan fingerprint density at radius 3 is 1.71 bits per heavy atom. The van der Waals surface area contributed by atoms with Gasteiger partial charge in [0.05, 0.1) is 0 Å². The summed E-state index contributed by atoms with van der Waals surface area (Å²) in [5, 5.41) is 0. The molecular formula is C16H27N. The molecule has 17 heavy (non-hydrogen) atoms. The van der Waals surface area contributed by atoms with Gasteiger partial charge in [-0.1, -0.05) is 58.9 Å². The van der Waals surface area contributed by atoms with Gasteiger partial charge in [0, 0.05) is 6.04 Å². The van der Waals surface area contributed by atoms with Crippen molar-refractivity contribution in [2.75, 3.05) is 0 Å². The lowest BCUT2D eigenvalue weighted by molar-refractivity contribution is 0.437. The maximum atomic E-state index is 5.92. The number of hydrogen-bond donors (Lipinski definition) is 1. The largest absolute Gasteiger partial charge is 0.328 e. The molecule has 0 saturated carbocycles. The second kappa shape index (κ2) is 4.81. The second-order valence-electron chi connectivity index (χ2n) is 6.89. The fourth-order valence-electron chi connectivity index (χ4n) is 2.34. The summed E-state index contributed by atoms with van der Waals surface area (Å²) in [6, 6.07) is 9.25. The maximum absolute atomic E-state index is 5.92. The zero-order valence-corrected chi connectivity index (χ0v) is 12.2. The minimum absolute atomic E-state index is 0.157. The van der Waals surface area contributed by atoms with Crippen LogP contribution in [0.25, 0.3) is 0 Å². The summed E-state index contributed by atoms with van der Waals surface area (Å²) < 4.78 is 0. The zero-order chi connectivity index (χ0) is 13.3. The smallest absolute Gasteiger partial charge is 0.00187 e. The summed E-state index contributed by atoms with van der Waals surface area (Å²) in [5.74, 6) is 0. The van der Waals surface area contributed by atoms with Crippen molar-refractivity contribution in [3.8, 4) is 0 Å². The van der Waals surface area contributed by atoms with Crippen LogP contribution in [0.4, 0.5) is 0 Å². The van der Waals surface area contributed by atoms with E-state index in [1.165, 1.54) is 11.1 Å². The summed E-state index contributed by atoms with van der Waals surface area (Å²) >= 11 is 0. The molecule has 0 bridgehead atoms. The Hall–Kier alpha value is -0.820. The summed E-state index contributed by atoms with van der Waals surface area (Å²) in [4.78, 5) is 0. The molecular weight excluding hydrogens is 206 g/mol. The molecule has 0 aliphatic rings. The highest BCUT2D eigenvalue weighted by Crippen LogP contribution is 2.30. The molecule has 1 aromatic rings. The van der Waals surface area contributed by atoms with Crippen molar-refractivity contribution in [2.45, 2.75) is 64.8 Å². The van der Waals surface area contributed by atoms with Crippen LogP contribution in [0.15, 0.2) is 24.3 Å². The first-order chi connectivity index (χ1) is 7.63. The quantitative estimate of drug-likeness (QED) is 0.839. The van der Waals surface area contributed by atoms with Crippen LogP contribution < -0.4 is 5.73 Å². The van der Waals surface area contributed by atoms with E-state index in [-0.39, 0.29) is 16.9 Å². The topological polar surface area (TPSA) is 26.0 Å². The third kappa shape index (κ3) is 3.85. The lowest BCUT2D eigenvalue weighted by Gasteiger charge is -2.28. The van der Waals surface area contributed by atoms with Gasteiger partial charge in [-0.15, -0.1) is 0 Å². The highest BCUT2D eigenvalue weighted by atomic mass is 14.6. The van der Waals surface area contributed by atoms with Crippen molar-refractivity contribution in [2.24, 2.45) is 5.73 Å². The molecule has 0 aromatic heterocycles. The number of rotatable bonds is 3. The van der Waals surface area contributed by atoms with Gasteiger partial charge in [0.2, 0.25) is 0 Å². The van der Waals surface area contributed by atoms with Crippen LogP contribution in [0.1, 0.15) is 59.1 Å². The van der Waals surface area contributed by atoms with Crippen molar-refractivity contribution < 1.29 is 0 Å². The normalized spacial score (nSPS) is 14.8. The van der Waals surface area contributed by atoms with Gasteiger partial charge in [0.1, 0.15) is 0 Å². The summed E-state index contributed by atoms with van der Waals surface area (Å²) in [5.41, 5.74) is 9.06. The van der Waals surface area contributed by atoms with E-state index in [9.17, 15) is 0 Å². The predicted octanol–water partition coefficient (Wildman–Crippen LogP) is 4.00. The van der Waals surface area contributed by atoms with Crippen LogP contribution in [0.2, 0.25) is 0 Å². The van der Waals surface area contributed by atoms with E-state index in [0.717, 1.165) is 6.42 Å². The molecule has 2 N–H and O–H groups in total. The average molecular weight is 233 g/mol. The highest BCUT2D eigenvalue weighted by molar-refractivity contribution is 5.31. The number of benzene rings is 1. The third-order valence-electron chi connectivity index (χ3n) is 3.36.